The number of hydrogen-bond acceptors (Lipinski definition) is 5. The normalized spacial score (nSPS) is 11.7. The van der Waals surface area contributed by atoms with Crippen molar-refractivity contribution < 1.29 is 37.0 Å². The lowest BCUT2D eigenvalue weighted by molar-refractivity contribution is -0.138. The molecule has 0 radical (unpaired) electrons. The van der Waals surface area contributed by atoms with E-state index in [1.165, 1.54) is 55.0 Å². The molecular weight excluding hydrogens is 557 g/mol. The van der Waals surface area contributed by atoms with Crippen molar-refractivity contribution in [3.63, 3.8) is 0 Å². The molecule has 232 valence electrons. The Morgan fingerprint density at radius 2 is 1.37 bits per heavy atom. The molecule has 0 saturated carbocycles. The highest BCUT2D eigenvalue weighted by Crippen LogP contribution is 2.31. The van der Waals surface area contributed by atoms with Gasteiger partial charge in [0.1, 0.15) is 5.75 Å². The smallest absolute Gasteiger partial charge is 0.343 e. The summed E-state index contributed by atoms with van der Waals surface area (Å²) in [6.45, 7) is 6.27. The van der Waals surface area contributed by atoms with Crippen molar-refractivity contribution in [3.8, 4) is 28.4 Å². The highest BCUT2D eigenvalue weighted by molar-refractivity contribution is 5.91. The molecule has 0 fully saturated rings. The number of carbonyl (C=O) groups is 2. The van der Waals surface area contributed by atoms with Crippen LogP contribution in [0.15, 0.2) is 54.6 Å². The lowest BCUT2D eigenvalue weighted by Gasteiger charge is -2.12. The molecule has 0 aliphatic rings. The molecule has 0 saturated heterocycles. The molecule has 3 aromatic carbocycles. The third-order valence-corrected chi connectivity index (χ3v) is 7.20. The van der Waals surface area contributed by atoms with Crippen LogP contribution < -0.4 is 14.2 Å². The van der Waals surface area contributed by atoms with Crippen LogP contribution in [0.5, 0.6) is 17.2 Å². The zero-order valence-corrected chi connectivity index (χ0v) is 25.2. The Labute approximate surface area is 252 Å². The van der Waals surface area contributed by atoms with Gasteiger partial charge in [-0.15, -0.1) is 0 Å². The maximum absolute atomic E-state index is 14.9. The molecule has 0 amide bonds. The Kier molecular flexibility index (Phi) is 13.6. The van der Waals surface area contributed by atoms with Crippen molar-refractivity contribution in [1.82, 2.24) is 0 Å². The zero-order chi connectivity index (χ0) is 31.2. The third kappa shape index (κ3) is 10.2. The van der Waals surface area contributed by atoms with Gasteiger partial charge in [-0.25, -0.2) is 13.6 Å². The Bertz CT molecular complexity index is 1340. The van der Waals surface area contributed by atoms with Gasteiger partial charge < -0.3 is 14.2 Å². The number of rotatable bonds is 17. The van der Waals surface area contributed by atoms with Crippen molar-refractivity contribution in [2.45, 2.75) is 85.0 Å². The highest BCUT2D eigenvalue weighted by Gasteiger charge is 2.20. The van der Waals surface area contributed by atoms with Gasteiger partial charge in [0.05, 0.1) is 18.1 Å². The van der Waals surface area contributed by atoms with Gasteiger partial charge in [0, 0.05) is 5.56 Å². The molecular formula is C35H41F3O5. The molecule has 0 unspecified atom stereocenters. The second-order valence-corrected chi connectivity index (χ2v) is 10.7. The van der Waals surface area contributed by atoms with E-state index in [0.717, 1.165) is 57.4 Å². The van der Waals surface area contributed by atoms with Crippen LogP contribution in [-0.4, -0.2) is 18.5 Å². The van der Waals surface area contributed by atoms with Crippen LogP contribution in [0.1, 0.15) is 95.3 Å². The highest BCUT2D eigenvalue weighted by atomic mass is 19.2. The molecule has 0 spiro atoms. The van der Waals surface area contributed by atoms with E-state index in [9.17, 15) is 22.8 Å². The number of hydrogen-bond donors (Lipinski definition) is 0. The van der Waals surface area contributed by atoms with Crippen LogP contribution in [0.25, 0.3) is 11.1 Å². The van der Waals surface area contributed by atoms with E-state index < -0.39 is 29.4 Å². The summed E-state index contributed by atoms with van der Waals surface area (Å²) in [6.07, 6.45) is 9.93. The number of ether oxygens (including phenoxy) is 3. The molecule has 0 aliphatic heterocycles. The van der Waals surface area contributed by atoms with Gasteiger partial charge >= 0.3 is 11.9 Å². The molecule has 8 heteroatoms. The Morgan fingerprint density at radius 1 is 0.721 bits per heavy atom. The topological polar surface area (TPSA) is 61.8 Å². The zero-order valence-electron chi connectivity index (χ0n) is 25.2. The summed E-state index contributed by atoms with van der Waals surface area (Å²) in [7, 11) is 0. The summed E-state index contributed by atoms with van der Waals surface area (Å²) in [5.74, 6) is -4.95. The van der Waals surface area contributed by atoms with E-state index >= 15 is 0 Å². The second kappa shape index (κ2) is 17.3. The summed E-state index contributed by atoms with van der Waals surface area (Å²) in [5, 5.41) is 0. The largest absolute Gasteiger partial charge is 0.490 e. The quantitative estimate of drug-likeness (QED) is 0.0879. The first-order valence-electron chi connectivity index (χ1n) is 15.2. The SMILES string of the molecule is CCCCCCCCOc1ccc(-c2ccc(OC(=O)c3ccc(OC(=O)[C@@H](C)CCCCC)c(F)c3)cc2)c(F)c1F. The standard InChI is InChI=1S/C35H41F3O5/c1-4-6-8-9-10-12-22-41-31-21-19-28(32(37)33(31)38)25-14-17-27(18-15-25)42-35(40)26-16-20-30(29(36)23-26)43-34(39)24(3)13-11-7-5-2/h14-21,23-24H,4-13,22H2,1-3H3/t24-/m0/s1. The van der Waals surface area contributed by atoms with Gasteiger partial charge in [0.2, 0.25) is 5.82 Å². The van der Waals surface area contributed by atoms with Crippen LogP contribution in [0.4, 0.5) is 13.2 Å². The van der Waals surface area contributed by atoms with Crippen molar-refractivity contribution in [2.75, 3.05) is 6.61 Å². The fourth-order valence-electron chi connectivity index (χ4n) is 4.54. The van der Waals surface area contributed by atoms with E-state index in [4.69, 9.17) is 14.2 Å². The Balaban J connectivity index is 1.56. The van der Waals surface area contributed by atoms with E-state index in [0.29, 0.717) is 18.6 Å². The van der Waals surface area contributed by atoms with Crippen molar-refractivity contribution >= 4 is 11.9 Å². The maximum atomic E-state index is 14.9. The lowest BCUT2D eigenvalue weighted by Crippen LogP contribution is -2.18. The maximum Gasteiger partial charge on any atom is 0.343 e. The molecule has 1 atom stereocenters. The van der Waals surface area contributed by atoms with Crippen LogP contribution in [-0.2, 0) is 4.79 Å². The van der Waals surface area contributed by atoms with Gasteiger partial charge in [-0.3, -0.25) is 4.79 Å². The summed E-state index contributed by atoms with van der Waals surface area (Å²) in [6, 6.07) is 12.1. The molecule has 5 nitrogen and oxygen atoms in total. The number of halogens is 3. The number of benzene rings is 3. The molecule has 0 heterocycles. The lowest BCUT2D eigenvalue weighted by atomic mass is 10.0. The fraction of sp³-hybridized carbons (Fsp3) is 0.429. The van der Waals surface area contributed by atoms with E-state index in [1.54, 1.807) is 6.92 Å². The Morgan fingerprint density at radius 3 is 2.07 bits per heavy atom. The van der Waals surface area contributed by atoms with Crippen LogP contribution in [0, 0.1) is 23.4 Å². The summed E-state index contributed by atoms with van der Waals surface area (Å²) in [4.78, 5) is 24.9. The minimum Gasteiger partial charge on any atom is -0.490 e. The molecule has 0 bridgehead atoms. The first kappa shape index (κ1) is 33.7. The van der Waals surface area contributed by atoms with Crippen molar-refractivity contribution in [1.29, 1.82) is 0 Å². The van der Waals surface area contributed by atoms with Crippen LogP contribution in [0.2, 0.25) is 0 Å². The predicted molar refractivity (Wildman–Crippen MR) is 161 cm³/mol. The predicted octanol–water partition coefficient (Wildman–Crippen LogP) is 9.85. The van der Waals surface area contributed by atoms with Gasteiger partial charge in [0.25, 0.3) is 0 Å². The van der Waals surface area contributed by atoms with Gasteiger partial charge in [0.15, 0.2) is 23.1 Å². The average molecular weight is 599 g/mol. The number of unbranched alkanes of at least 4 members (excludes halogenated alkanes) is 7. The summed E-state index contributed by atoms with van der Waals surface area (Å²) < 4.78 is 60.1. The fourth-order valence-corrected chi connectivity index (χ4v) is 4.54. The number of esters is 2. The average Bonchev–Trinajstić information content (AvgIpc) is 3.00. The Hall–Kier alpha value is -3.81. The third-order valence-electron chi connectivity index (χ3n) is 7.20. The molecule has 0 aliphatic carbocycles. The molecule has 43 heavy (non-hydrogen) atoms. The second-order valence-electron chi connectivity index (χ2n) is 10.7. The molecule has 3 rings (SSSR count). The molecule has 0 N–H and O–H groups in total. The minimum absolute atomic E-state index is 0.0363. The van der Waals surface area contributed by atoms with Gasteiger partial charge in [-0.1, -0.05) is 84.3 Å². The first-order valence-corrected chi connectivity index (χ1v) is 15.2. The summed E-state index contributed by atoms with van der Waals surface area (Å²) in [5.41, 5.74) is 0.330. The van der Waals surface area contributed by atoms with Gasteiger partial charge in [-0.2, -0.15) is 4.39 Å². The van der Waals surface area contributed by atoms with Crippen molar-refractivity contribution in [3.05, 3.63) is 77.6 Å². The molecule has 0 aromatic heterocycles. The van der Waals surface area contributed by atoms with E-state index in [1.807, 2.05) is 0 Å². The van der Waals surface area contributed by atoms with Gasteiger partial charge in [-0.05, 0) is 60.9 Å². The number of carbonyl (C=O) groups excluding carboxylic acids is 2. The van der Waals surface area contributed by atoms with E-state index in [-0.39, 0.29) is 34.3 Å². The van der Waals surface area contributed by atoms with Crippen molar-refractivity contribution in [2.24, 2.45) is 5.92 Å². The summed E-state index contributed by atoms with van der Waals surface area (Å²) >= 11 is 0. The first-order chi connectivity index (χ1) is 20.7. The molecule has 3 aromatic rings. The monoisotopic (exact) mass is 598 g/mol. The van der Waals surface area contributed by atoms with Crippen LogP contribution >= 0.6 is 0 Å². The van der Waals surface area contributed by atoms with E-state index in [2.05, 4.69) is 13.8 Å². The van der Waals surface area contributed by atoms with Crippen LogP contribution in [0.3, 0.4) is 0 Å². The minimum atomic E-state index is -1.05.